The molecular formula is C23H24F3N5O4S. The molecule has 9 nitrogen and oxygen atoms in total. The Labute approximate surface area is 208 Å². The van der Waals surface area contributed by atoms with Crippen molar-refractivity contribution in [1.82, 2.24) is 20.4 Å². The average molecular weight is 524 g/mol. The summed E-state index contributed by atoms with van der Waals surface area (Å²) in [6.07, 6.45) is -2.59. The molecule has 0 radical (unpaired) electrons. The maximum atomic E-state index is 13.4. The van der Waals surface area contributed by atoms with Crippen LogP contribution >= 0.6 is 11.3 Å². The van der Waals surface area contributed by atoms with E-state index >= 15 is 0 Å². The van der Waals surface area contributed by atoms with E-state index in [1.165, 1.54) is 0 Å². The first-order chi connectivity index (χ1) is 17.2. The van der Waals surface area contributed by atoms with Gasteiger partial charge in [0, 0.05) is 37.3 Å². The highest BCUT2D eigenvalue weighted by molar-refractivity contribution is 7.14. The van der Waals surface area contributed by atoms with E-state index in [4.69, 9.17) is 10.5 Å². The first kappa shape index (κ1) is 25.8. The molecule has 1 aromatic carbocycles. The Balaban J connectivity index is 1.74. The molecular weight excluding hydrogens is 499 g/mol. The minimum atomic E-state index is -5.06. The van der Waals surface area contributed by atoms with Crippen molar-refractivity contribution < 1.29 is 32.2 Å². The summed E-state index contributed by atoms with van der Waals surface area (Å²) in [4.78, 5) is 27.1. The second-order valence-electron chi connectivity index (χ2n) is 8.29. The number of rotatable bonds is 7. The second kappa shape index (κ2) is 10.8. The molecule has 0 bridgehead atoms. The van der Waals surface area contributed by atoms with E-state index in [1.54, 1.807) is 24.3 Å². The molecule has 1 saturated heterocycles. The van der Waals surface area contributed by atoms with Gasteiger partial charge in [0.05, 0.1) is 13.2 Å². The standard InChI is InChI=1S/C23H24F3N5O4S/c24-23(25,26)35-17-8-7-16(19(27)33)13-22(17,28-18(32)14-31-9-4-11-34-12-10-31)21-30-29-20(36-21)15-5-2-1-3-6-15/h1-3,5-8H,4,9-14H2,(H2,27,33)(H,28,32). The van der Waals surface area contributed by atoms with Gasteiger partial charge in [-0.25, -0.2) is 0 Å². The molecule has 3 N–H and O–H groups in total. The number of amides is 2. The van der Waals surface area contributed by atoms with Crippen LogP contribution < -0.4 is 11.1 Å². The number of primary amides is 1. The summed E-state index contributed by atoms with van der Waals surface area (Å²) in [5, 5.41) is 11.4. The Morgan fingerprint density at radius 1 is 1.17 bits per heavy atom. The van der Waals surface area contributed by atoms with Crippen molar-refractivity contribution in [3.63, 3.8) is 0 Å². The summed E-state index contributed by atoms with van der Waals surface area (Å²) >= 11 is 0.988. The van der Waals surface area contributed by atoms with Crippen LogP contribution in [-0.2, 0) is 24.6 Å². The van der Waals surface area contributed by atoms with E-state index in [2.05, 4.69) is 20.3 Å². The highest BCUT2D eigenvalue weighted by Gasteiger charge is 2.49. The number of hydrogen-bond donors (Lipinski definition) is 2. The van der Waals surface area contributed by atoms with Gasteiger partial charge in [-0.15, -0.1) is 23.4 Å². The van der Waals surface area contributed by atoms with Gasteiger partial charge < -0.3 is 20.5 Å². The van der Waals surface area contributed by atoms with Crippen LogP contribution in [0.25, 0.3) is 10.6 Å². The number of aromatic nitrogens is 2. The van der Waals surface area contributed by atoms with E-state index in [0.29, 0.717) is 43.3 Å². The van der Waals surface area contributed by atoms with E-state index in [0.717, 1.165) is 23.5 Å². The van der Waals surface area contributed by atoms with Crippen molar-refractivity contribution in [2.24, 2.45) is 5.73 Å². The van der Waals surface area contributed by atoms with Crippen LogP contribution in [0.4, 0.5) is 13.2 Å². The van der Waals surface area contributed by atoms with E-state index in [9.17, 15) is 22.8 Å². The van der Waals surface area contributed by atoms with Gasteiger partial charge in [-0.3, -0.25) is 14.5 Å². The molecule has 1 fully saturated rings. The second-order valence-corrected chi connectivity index (χ2v) is 9.26. The zero-order chi connectivity index (χ0) is 25.8. The lowest BCUT2D eigenvalue weighted by Gasteiger charge is -2.37. The number of allylic oxidation sites excluding steroid dienone is 2. The third kappa shape index (κ3) is 6.09. The Morgan fingerprint density at radius 3 is 2.67 bits per heavy atom. The molecule has 192 valence electrons. The van der Waals surface area contributed by atoms with Crippen molar-refractivity contribution in [3.05, 3.63) is 58.8 Å². The van der Waals surface area contributed by atoms with Crippen LogP contribution in [0.2, 0.25) is 0 Å². The first-order valence-corrected chi connectivity index (χ1v) is 12.0. The Hall–Kier alpha value is -3.29. The largest absolute Gasteiger partial charge is 0.572 e. The maximum Gasteiger partial charge on any atom is 0.572 e. The van der Waals surface area contributed by atoms with Crippen LogP contribution in [0, 0.1) is 0 Å². The molecule has 2 aliphatic rings. The smallest absolute Gasteiger partial charge is 0.407 e. The topological polar surface area (TPSA) is 120 Å². The normalized spacial score (nSPS) is 21.2. The number of carbonyl (C=O) groups is 2. The molecule has 1 aliphatic carbocycles. The summed E-state index contributed by atoms with van der Waals surface area (Å²) in [6.45, 7) is 1.99. The zero-order valence-corrected chi connectivity index (χ0v) is 19.9. The summed E-state index contributed by atoms with van der Waals surface area (Å²) < 4.78 is 50.1. The van der Waals surface area contributed by atoms with Crippen molar-refractivity contribution in [2.75, 3.05) is 32.8 Å². The lowest BCUT2D eigenvalue weighted by atomic mass is 9.84. The van der Waals surface area contributed by atoms with Gasteiger partial charge in [-0.1, -0.05) is 47.7 Å². The number of nitrogens with zero attached hydrogens (tertiary/aromatic N) is 3. The van der Waals surface area contributed by atoms with Crippen LogP contribution in [0.1, 0.15) is 17.8 Å². The quantitative estimate of drug-likeness (QED) is 0.572. The predicted molar refractivity (Wildman–Crippen MR) is 124 cm³/mol. The van der Waals surface area contributed by atoms with Gasteiger partial charge in [0.15, 0.2) is 10.5 Å². The number of halogens is 3. The lowest BCUT2D eigenvalue weighted by Crippen LogP contribution is -2.53. The predicted octanol–water partition coefficient (Wildman–Crippen LogP) is 2.47. The number of hydrogen-bond acceptors (Lipinski definition) is 8. The van der Waals surface area contributed by atoms with Crippen LogP contribution in [-0.4, -0.2) is 66.1 Å². The first-order valence-electron chi connectivity index (χ1n) is 11.1. The molecule has 2 heterocycles. The van der Waals surface area contributed by atoms with Gasteiger partial charge in [0.2, 0.25) is 11.8 Å². The minimum absolute atomic E-state index is 0.00413. The van der Waals surface area contributed by atoms with Gasteiger partial charge >= 0.3 is 6.36 Å². The lowest BCUT2D eigenvalue weighted by molar-refractivity contribution is -0.310. The summed E-state index contributed by atoms with van der Waals surface area (Å²) in [5.41, 5.74) is 4.22. The molecule has 0 spiro atoms. The number of ether oxygens (including phenoxy) is 2. The molecule has 2 amide bonds. The molecule has 1 unspecified atom stereocenters. The Kier molecular flexibility index (Phi) is 7.71. The van der Waals surface area contributed by atoms with Crippen molar-refractivity contribution in [2.45, 2.75) is 24.7 Å². The summed E-state index contributed by atoms with van der Waals surface area (Å²) in [6, 6.07) is 8.92. The summed E-state index contributed by atoms with van der Waals surface area (Å²) in [5.74, 6) is -2.05. The van der Waals surface area contributed by atoms with E-state index < -0.39 is 29.5 Å². The monoisotopic (exact) mass is 523 g/mol. The number of nitrogens with two attached hydrogens (primary N) is 1. The number of carbonyl (C=O) groups excluding carboxylic acids is 2. The fourth-order valence-corrected chi connectivity index (χ4v) is 5.03. The van der Waals surface area contributed by atoms with Crippen molar-refractivity contribution >= 4 is 23.2 Å². The highest BCUT2D eigenvalue weighted by Crippen LogP contribution is 2.44. The van der Waals surface area contributed by atoms with Gasteiger partial charge in [0.1, 0.15) is 10.8 Å². The van der Waals surface area contributed by atoms with Gasteiger partial charge in [-0.05, 0) is 12.5 Å². The van der Waals surface area contributed by atoms with Crippen molar-refractivity contribution in [1.29, 1.82) is 0 Å². The van der Waals surface area contributed by atoms with E-state index in [-0.39, 0.29) is 23.5 Å². The third-order valence-corrected chi connectivity index (χ3v) is 6.83. The number of alkyl halides is 3. The number of benzene rings is 1. The van der Waals surface area contributed by atoms with Crippen molar-refractivity contribution in [3.8, 4) is 10.6 Å². The molecule has 0 saturated carbocycles. The molecule has 1 atom stereocenters. The molecule has 2 aromatic rings. The third-order valence-electron chi connectivity index (χ3n) is 5.70. The van der Waals surface area contributed by atoms with Crippen LogP contribution in [0.5, 0.6) is 0 Å². The molecule has 1 aliphatic heterocycles. The SMILES string of the molecule is NC(=O)C1=CC=C(OC(F)(F)F)C(NC(=O)CN2CCCOCC2)(c2nnc(-c3ccccc3)s2)C1. The Bertz CT molecular complexity index is 1160. The minimum Gasteiger partial charge on any atom is -0.407 e. The fourth-order valence-electron chi connectivity index (χ4n) is 4.04. The fraction of sp³-hybridized carbons (Fsp3) is 0.391. The van der Waals surface area contributed by atoms with Gasteiger partial charge in [-0.2, -0.15) is 0 Å². The molecule has 4 rings (SSSR count). The molecule has 36 heavy (non-hydrogen) atoms. The van der Waals surface area contributed by atoms with Crippen LogP contribution in [0.15, 0.2) is 53.8 Å². The van der Waals surface area contributed by atoms with Crippen LogP contribution in [0.3, 0.4) is 0 Å². The van der Waals surface area contributed by atoms with E-state index in [1.807, 2.05) is 11.0 Å². The maximum absolute atomic E-state index is 13.4. The molecule has 1 aromatic heterocycles. The average Bonchev–Trinajstić information content (AvgIpc) is 3.19. The number of nitrogens with one attached hydrogen (secondary N) is 1. The zero-order valence-electron chi connectivity index (χ0n) is 19.1. The Morgan fingerprint density at radius 2 is 1.94 bits per heavy atom. The molecule has 13 heteroatoms. The highest BCUT2D eigenvalue weighted by atomic mass is 32.1. The summed E-state index contributed by atoms with van der Waals surface area (Å²) in [7, 11) is 0. The van der Waals surface area contributed by atoms with Gasteiger partial charge in [0.25, 0.3) is 0 Å².